The van der Waals surface area contributed by atoms with E-state index in [-0.39, 0.29) is 5.41 Å². The summed E-state index contributed by atoms with van der Waals surface area (Å²) >= 11 is 0. The Morgan fingerprint density at radius 2 is 1.85 bits per heavy atom. The average molecular weight is 274 g/mol. The van der Waals surface area contributed by atoms with Gasteiger partial charge in [-0.25, -0.2) is 0 Å². The molecule has 4 aliphatic rings. The lowest BCUT2D eigenvalue weighted by Crippen LogP contribution is -2.50. The van der Waals surface area contributed by atoms with E-state index in [1.807, 2.05) is 0 Å². The maximum Gasteiger partial charge on any atom is 0.139 e. The van der Waals surface area contributed by atoms with E-state index in [1.54, 1.807) is 5.57 Å². The van der Waals surface area contributed by atoms with Crippen molar-refractivity contribution in [2.24, 2.45) is 28.6 Å². The molecule has 0 N–H and O–H groups in total. The molecule has 4 rings (SSSR count). The van der Waals surface area contributed by atoms with E-state index in [2.05, 4.69) is 20.1 Å². The van der Waals surface area contributed by atoms with Gasteiger partial charge >= 0.3 is 0 Å². The van der Waals surface area contributed by atoms with E-state index < -0.39 is 0 Å². The molecule has 5 atom stereocenters. The van der Waals surface area contributed by atoms with Crippen LogP contribution in [0.1, 0.15) is 58.8 Å². The second kappa shape index (κ2) is 4.11. The fraction of sp³-hybridized carbons (Fsp3) is 0.833. The van der Waals surface area contributed by atoms with E-state index in [1.165, 1.54) is 25.7 Å². The standard InChI is InChI=1S/C18H26O2/c1-17-9-10-20-11-12(17)3-4-13-14-5-6-16(19)18(14,2)8-7-15(13)17/h11,13-15H,3-10H2,1-2H3/t13?,14?,15?,17?,18-/m0/s1. The first kappa shape index (κ1) is 12.9. The largest absolute Gasteiger partial charge is 0.501 e. The average Bonchev–Trinajstić information content (AvgIpc) is 2.74. The quantitative estimate of drug-likeness (QED) is 0.664. The van der Waals surface area contributed by atoms with Crippen LogP contribution in [0.2, 0.25) is 0 Å². The highest BCUT2D eigenvalue weighted by Gasteiger charge is 2.58. The number of hydrogen-bond donors (Lipinski definition) is 0. The maximum absolute atomic E-state index is 12.3. The minimum Gasteiger partial charge on any atom is -0.501 e. The number of rotatable bonds is 0. The van der Waals surface area contributed by atoms with Crippen LogP contribution in [-0.4, -0.2) is 12.4 Å². The van der Waals surface area contributed by atoms with Crippen molar-refractivity contribution in [3.05, 3.63) is 11.8 Å². The zero-order valence-electron chi connectivity index (χ0n) is 12.8. The lowest BCUT2D eigenvalue weighted by Gasteiger charge is -2.56. The Morgan fingerprint density at radius 3 is 2.70 bits per heavy atom. The third-order valence-electron chi connectivity index (χ3n) is 7.41. The molecule has 0 radical (unpaired) electrons. The first-order valence-electron chi connectivity index (χ1n) is 8.40. The molecular formula is C18H26O2. The van der Waals surface area contributed by atoms with Gasteiger partial charge in [0, 0.05) is 11.8 Å². The number of carbonyl (C=O) groups excluding carboxylic acids is 1. The van der Waals surface area contributed by atoms with Crippen LogP contribution in [0.5, 0.6) is 0 Å². The minimum atomic E-state index is 0.0178. The molecule has 110 valence electrons. The van der Waals surface area contributed by atoms with Crippen molar-refractivity contribution in [2.75, 3.05) is 6.61 Å². The summed E-state index contributed by atoms with van der Waals surface area (Å²) in [6, 6.07) is 0. The number of ether oxygens (including phenoxy) is 1. The number of Topliss-reactive ketones (excluding diaryl/α,β-unsaturated/α-hetero) is 1. The highest BCUT2D eigenvalue weighted by molar-refractivity contribution is 5.87. The lowest BCUT2D eigenvalue weighted by molar-refractivity contribution is -0.132. The van der Waals surface area contributed by atoms with E-state index in [9.17, 15) is 4.79 Å². The van der Waals surface area contributed by atoms with E-state index >= 15 is 0 Å². The van der Waals surface area contributed by atoms with Crippen LogP contribution in [0.15, 0.2) is 11.8 Å². The van der Waals surface area contributed by atoms with Crippen molar-refractivity contribution in [3.63, 3.8) is 0 Å². The van der Waals surface area contributed by atoms with Crippen LogP contribution in [-0.2, 0) is 9.53 Å². The third-order valence-corrected chi connectivity index (χ3v) is 7.41. The van der Waals surface area contributed by atoms with Gasteiger partial charge in [0.05, 0.1) is 12.9 Å². The molecule has 0 spiro atoms. The third kappa shape index (κ3) is 1.48. The first-order valence-corrected chi connectivity index (χ1v) is 8.40. The maximum atomic E-state index is 12.3. The molecule has 2 heteroatoms. The van der Waals surface area contributed by atoms with Gasteiger partial charge in [-0.2, -0.15) is 0 Å². The lowest BCUT2D eigenvalue weighted by atomic mass is 9.48. The molecule has 0 saturated heterocycles. The van der Waals surface area contributed by atoms with Crippen molar-refractivity contribution in [3.8, 4) is 0 Å². The molecule has 4 unspecified atom stereocenters. The number of allylic oxidation sites excluding steroid dienone is 1. The molecule has 0 aromatic heterocycles. The topological polar surface area (TPSA) is 26.3 Å². The Balaban J connectivity index is 1.70. The second-order valence-electron chi connectivity index (χ2n) is 8.01. The van der Waals surface area contributed by atoms with Gasteiger partial charge in [-0.05, 0) is 67.3 Å². The summed E-state index contributed by atoms with van der Waals surface area (Å²) < 4.78 is 5.59. The summed E-state index contributed by atoms with van der Waals surface area (Å²) in [6.07, 6.45) is 10.1. The van der Waals surface area contributed by atoms with Crippen LogP contribution >= 0.6 is 0 Å². The molecule has 0 aromatic carbocycles. The van der Waals surface area contributed by atoms with Gasteiger partial charge in [-0.3, -0.25) is 4.79 Å². The van der Waals surface area contributed by atoms with Crippen LogP contribution in [0, 0.1) is 28.6 Å². The first-order chi connectivity index (χ1) is 9.56. The molecule has 2 nitrogen and oxygen atoms in total. The number of hydrogen-bond acceptors (Lipinski definition) is 2. The zero-order valence-corrected chi connectivity index (χ0v) is 12.8. The molecular weight excluding hydrogens is 248 g/mol. The SMILES string of the molecule is CC12CCOC=C1CCC1C2CC[C@]2(C)C(=O)CCC12. The van der Waals surface area contributed by atoms with Crippen molar-refractivity contribution in [2.45, 2.75) is 58.8 Å². The smallest absolute Gasteiger partial charge is 0.139 e. The molecule has 0 aromatic rings. The zero-order chi connectivity index (χ0) is 14.0. The summed E-state index contributed by atoms with van der Waals surface area (Å²) in [4.78, 5) is 12.3. The van der Waals surface area contributed by atoms with Crippen LogP contribution in [0.25, 0.3) is 0 Å². The summed E-state index contributed by atoms with van der Waals surface area (Å²) in [6.45, 7) is 5.61. The normalized spacial score (nSPS) is 50.6. The van der Waals surface area contributed by atoms with Gasteiger partial charge in [-0.1, -0.05) is 13.8 Å². The summed E-state index contributed by atoms with van der Waals surface area (Å²) in [5.41, 5.74) is 1.93. The number of carbonyl (C=O) groups is 1. The van der Waals surface area contributed by atoms with Gasteiger partial charge in [0.25, 0.3) is 0 Å². The van der Waals surface area contributed by atoms with Crippen molar-refractivity contribution in [1.29, 1.82) is 0 Å². The van der Waals surface area contributed by atoms with Crippen LogP contribution in [0.3, 0.4) is 0 Å². The molecule has 3 fully saturated rings. The van der Waals surface area contributed by atoms with Gasteiger partial charge in [0.2, 0.25) is 0 Å². The second-order valence-corrected chi connectivity index (χ2v) is 8.01. The van der Waals surface area contributed by atoms with Gasteiger partial charge < -0.3 is 4.74 Å². The van der Waals surface area contributed by atoms with Gasteiger partial charge in [-0.15, -0.1) is 0 Å². The molecule has 0 bridgehead atoms. The molecule has 3 aliphatic carbocycles. The summed E-state index contributed by atoms with van der Waals surface area (Å²) in [5, 5.41) is 0. The van der Waals surface area contributed by atoms with E-state index in [0.29, 0.717) is 17.1 Å². The molecule has 20 heavy (non-hydrogen) atoms. The highest BCUT2D eigenvalue weighted by Crippen LogP contribution is 2.63. The Kier molecular flexibility index (Phi) is 2.66. The molecule has 1 aliphatic heterocycles. The fourth-order valence-electron chi connectivity index (χ4n) is 6.07. The Morgan fingerprint density at radius 1 is 1.05 bits per heavy atom. The summed E-state index contributed by atoms with van der Waals surface area (Å²) in [7, 11) is 0. The highest BCUT2D eigenvalue weighted by atomic mass is 16.5. The minimum absolute atomic E-state index is 0.0178. The van der Waals surface area contributed by atoms with Crippen molar-refractivity contribution < 1.29 is 9.53 Å². The van der Waals surface area contributed by atoms with E-state index in [0.717, 1.165) is 37.7 Å². The summed E-state index contributed by atoms with van der Waals surface area (Å²) in [5.74, 6) is 2.78. The molecule has 1 heterocycles. The predicted molar refractivity (Wildman–Crippen MR) is 78.0 cm³/mol. The number of fused-ring (bicyclic) bond motifs is 5. The van der Waals surface area contributed by atoms with Crippen molar-refractivity contribution >= 4 is 5.78 Å². The molecule has 3 saturated carbocycles. The van der Waals surface area contributed by atoms with Crippen molar-refractivity contribution in [1.82, 2.24) is 0 Å². The Hall–Kier alpha value is -0.790. The van der Waals surface area contributed by atoms with E-state index in [4.69, 9.17) is 4.74 Å². The van der Waals surface area contributed by atoms with Gasteiger partial charge in [0.15, 0.2) is 0 Å². The fourth-order valence-corrected chi connectivity index (χ4v) is 6.07. The van der Waals surface area contributed by atoms with Crippen LogP contribution in [0.4, 0.5) is 0 Å². The Bertz CT molecular complexity index is 480. The molecule has 0 amide bonds. The monoisotopic (exact) mass is 274 g/mol. The Labute approximate surface area is 122 Å². The van der Waals surface area contributed by atoms with Crippen LogP contribution < -0.4 is 0 Å². The number of ketones is 1. The van der Waals surface area contributed by atoms with Gasteiger partial charge in [0.1, 0.15) is 5.78 Å². The predicted octanol–water partition coefficient (Wildman–Crippen LogP) is 4.10.